The number of carbonyl (C=O) groups is 2. The lowest BCUT2D eigenvalue weighted by Crippen LogP contribution is -2.57. The molecule has 7 nitrogen and oxygen atoms in total. The second-order valence-corrected chi connectivity index (χ2v) is 7.71. The molecule has 1 saturated carbocycles. The van der Waals surface area contributed by atoms with Crippen LogP contribution in [0.2, 0.25) is 0 Å². The zero-order chi connectivity index (χ0) is 20.3. The van der Waals surface area contributed by atoms with Crippen molar-refractivity contribution in [3.05, 3.63) is 23.8 Å². The Labute approximate surface area is 166 Å². The van der Waals surface area contributed by atoms with Crippen molar-refractivity contribution in [3.8, 4) is 11.5 Å². The molecule has 0 bridgehead atoms. The monoisotopic (exact) mass is 390 g/mol. The minimum Gasteiger partial charge on any atom is -0.496 e. The quantitative estimate of drug-likeness (QED) is 0.837. The second kappa shape index (κ2) is 8.39. The van der Waals surface area contributed by atoms with Crippen LogP contribution in [0.3, 0.4) is 0 Å². The van der Waals surface area contributed by atoms with Gasteiger partial charge in [-0.05, 0) is 51.7 Å². The van der Waals surface area contributed by atoms with Crippen LogP contribution in [0.15, 0.2) is 18.2 Å². The van der Waals surface area contributed by atoms with Gasteiger partial charge in [-0.15, -0.1) is 0 Å². The van der Waals surface area contributed by atoms with E-state index in [0.717, 1.165) is 32.1 Å². The van der Waals surface area contributed by atoms with Crippen molar-refractivity contribution in [1.82, 2.24) is 10.2 Å². The van der Waals surface area contributed by atoms with Gasteiger partial charge in [0.05, 0.1) is 20.8 Å². The maximum absolute atomic E-state index is 13.8. The van der Waals surface area contributed by atoms with E-state index in [0.29, 0.717) is 17.1 Å². The molecule has 0 radical (unpaired) electrons. The van der Waals surface area contributed by atoms with Gasteiger partial charge in [-0.1, -0.05) is 12.5 Å². The van der Waals surface area contributed by atoms with Crippen molar-refractivity contribution < 1.29 is 23.8 Å². The lowest BCUT2D eigenvalue weighted by atomic mass is 9.89. The van der Waals surface area contributed by atoms with Gasteiger partial charge in [-0.3, -0.25) is 14.5 Å². The molecule has 1 spiro atoms. The molecule has 0 unspecified atom stereocenters. The fraction of sp³-hybridized carbons (Fsp3) is 0.619. The lowest BCUT2D eigenvalue weighted by molar-refractivity contribution is -0.127. The predicted octanol–water partition coefficient (Wildman–Crippen LogP) is 2.73. The van der Waals surface area contributed by atoms with E-state index in [1.54, 1.807) is 23.1 Å². The third-order valence-corrected chi connectivity index (χ3v) is 5.49. The Morgan fingerprint density at radius 3 is 2.29 bits per heavy atom. The van der Waals surface area contributed by atoms with Crippen LogP contribution in [0.5, 0.6) is 11.5 Å². The number of carbonyl (C=O) groups excluding carboxylic acids is 2. The molecule has 3 rings (SSSR count). The first-order chi connectivity index (χ1) is 13.4. The van der Waals surface area contributed by atoms with Gasteiger partial charge in [0, 0.05) is 6.04 Å². The Bertz CT molecular complexity index is 705. The highest BCUT2D eigenvalue weighted by Gasteiger charge is 2.53. The minimum atomic E-state index is -0.750. The Kier molecular flexibility index (Phi) is 6.13. The van der Waals surface area contributed by atoms with Crippen LogP contribution in [0, 0.1) is 0 Å². The van der Waals surface area contributed by atoms with E-state index < -0.39 is 11.8 Å². The van der Waals surface area contributed by atoms with Gasteiger partial charge in [-0.25, -0.2) is 0 Å². The third-order valence-electron chi connectivity index (χ3n) is 5.49. The van der Waals surface area contributed by atoms with Crippen LogP contribution in [0.4, 0.5) is 0 Å². The van der Waals surface area contributed by atoms with Crippen molar-refractivity contribution in [2.24, 2.45) is 0 Å². The lowest BCUT2D eigenvalue weighted by Gasteiger charge is -2.41. The highest BCUT2D eigenvalue weighted by atomic mass is 16.5. The Hall–Kier alpha value is -2.28. The van der Waals surface area contributed by atoms with E-state index in [9.17, 15) is 9.59 Å². The molecule has 2 fully saturated rings. The first kappa shape index (κ1) is 20.5. The molecule has 2 amide bonds. The maximum atomic E-state index is 13.8. The number of benzene rings is 1. The van der Waals surface area contributed by atoms with Crippen molar-refractivity contribution in [1.29, 1.82) is 0 Å². The molecule has 1 atom stereocenters. The first-order valence-electron chi connectivity index (χ1n) is 9.92. The van der Waals surface area contributed by atoms with Gasteiger partial charge in [0.1, 0.15) is 28.8 Å². The number of nitrogens with zero attached hydrogens (tertiary/aromatic N) is 1. The predicted molar refractivity (Wildman–Crippen MR) is 105 cm³/mol. The van der Waals surface area contributed by atoms with Crippen LogP contribution in [0.1, 0.15) is 56.3 Å². The summed E-state index contributed by atoms with van der Waals surface area (Å²) in [5, 5.41) is 2.92. The molecule has 1 heterocycles. The van der Waals surface area contributed by atoms with Crippen LogP contribution < -0.4 is 14.8 Å². The molecular formula is C21H30N2O5. The molecule has 1 saturated heterocycles. The second-order valence-electron chi connectivity index (χ2n) is 7.71. The summed E-state index contributed by atoms with van der Waals surface area (Å²) in [6.07, 6.45) is 4.48. The van der Waals surface area contributed by atoms with Gasteiger partial charge < -0.3 is 19.5 Å². The normalized spacial score (nSPS) is 21.0. The summed E-state index contributed by atoms with van der Waals surface area (Å²) in [6, 6.07) is 4.52. The fourth-order valence-electron chi connectivity index (χ4n) is 4.23. The fourth-order valence-corrected chi connectivity index (χ4v) is 4.23. The summed E-state index contributed by atoms with van der Waals surface area (Å²) in [4.78, 5) is 28.3. The topological polar surface area (TPSA) is 77.1 Å². The zero-order valence-electron chi connectivity index (χ0n) is 17.1. The molecule has 154 valence electrons. The standard InChI is InChI=1S/C21H30N2O5/c1-14(2)22-19(24)15-13-28-21(11-6-5-7-12-21)23(15)20(25)18-16(26-3)9-8-10-17(18)27-4/h8-10,14-15H,5-7,11-13H2,1-4H3,(H,22,24)/t15-/m1/s1. The number of rotatable bonds is 5. The number of nitrogens with one attached hydrogen (secondary N) is 1. The summed E-state index contributed by atoms with van der Waals surface area (Å²) in [5.41, 5.74) is -0.425. The highest BCUT2D eigenvalue weighted by molar-refractivity contribution is 6.02. The molecule has 1 aromatic carbocycles. The molecule has 28 heavy (non-hydrogen) atoms. The molecule has 1 aliphatic heterocycles. The average molecular weight is 390 g/mol. The van der Waals surface area contributed by atoms with Crippen molar-refractivity contribution in [3.63, 3.8) is 0 Å². The number of hydrogen-bond donors (Lipinski definition) is 1. The summed E-state index contributed by atoms with van der Waals surface area (Å²) < 4.78 is 17.0. The molecule has 1 aromatic rings. The molecule has 7 heteroatoms. The number of methoxy groups -OCH3 is 2. The van der Waals surface area contributed by atoms with Crippen molar-refractivity contribution >= 4 is 11.8 Å². The number of hydrogen-bond acceptors (Lipinski definition) is 5. The third kappa shape index (κ3) is 3.68. The smallest absolute Gasteiger partial charge is 0.264 e. The van der Waals surface area contributed by atoms with E-state index >= 15 is 0 Å². The molecule has 1 aliphatic carbocycles. The summed E-state index contributed by atoms with van der Waals surface area (Å²) >= 11 is 0. The van der Waals surface area contributed by atoms with E-state index in [2.05, 4.69) is 5.32 Å². The Morgan fingerprint density at radius 2 is 1.75 bits per heavy atom. The van der Waals surface area contributed by atoms with E-state index in [4.69, 9.17) is 14.2 Å². The summed E-state index contributed by atoms with van der Waals surface area (Å²) in [5.74, 6) is 0.354. The molecular weight excluding hydrogens is 360 g/mol. The number of amides is 2. The van der Waals surface area contributed by atoms with Crippen molar-refractivity contribution in [2.45, 2.75) is 63.8 Å². The van der Waals surface area contributed by atoms with Crippen LogP contribution >= 0.6 is 0 Å². The molecule has 0 aromatic heterocycles. The maximum Gasteiger partial charge on any atom is 0.264 e. The van der Waals surface area contributed by atoms with Crippen molar-refractivity contribution in [2.75, 3.05) is 20.8 Å². The Balaban J connectivity index is 2.04. The van der Waals surface area contributed by atoms with E-state index in [1.807, 2.05) is 13.8 Å². The zero-order valence-corrected chi connectivity index (χ0v) is 17.1. The average Bonchev–Trinajstić information content (AvgIpc) is 3.05. The van der Waals surface area contributed by atoms with Gasteiger partial charge in [0.25, 0.3) is 5.91 Å². The minimum absolute atomic E-state index is 0.0202. The largest absolute Gasteiger partial charge is 0.496 e. The van der Waals surface area contributed by atoms with E-state index in [-0.39, 0.29) is 24.5 Å². The SMILES string of the molecule is COc1cccc(OC)c1C(=O)N1[C@@H](C(=O)NC(C)C)COC12CCCCC2. The van der Waals surface area contributed by atoms with Gasteiger partial charge in [-0.2, -0.15) is 0 Å². The van der Waals surface area contributed by atoms with Gasteiger partial charge in [0.15, 0.2) is 0 Å². The van der Waals surface area contributed by atoms with Crippen LogP contribution in [-0.4, -0.2) is 55.3 Å². The summed E-state index contributed by atoms with van der Waals surface area (Å²) in [7, 11) is 3.04. The first-order valence-corrected chi connectivity index (χ1v) is 9.92. The Morgan fingerprint density at radius 1 is 1.14 bits per heavy atom. The van der Waals surface area contributed by atoms with Gasteiger partial charge in [0.2, 0.25) is 5.91 Å². The van der Waals surface area contributed by atoms with Gasteiger partial charge >= 0.3 is 0 Å². The molecule has 1 N–H and O–H groups in total. The van der Waals surface area contributed by atoms with E-state index in [1.165, 1.54) is 14.2 Å². The van der Waals surface area contributed by atoms with Crippen LogP contribution in [-0.2, 0) is 9.53 Å². The molecule has 2 aliphatic rings. The summed E-state index contributed by atoms with van der Waals surface area (Å²) in [6.45, 7) is 4.00. The number of ether oxygens (including phenoxy) is 3. The van der Waals surface area contributed by atoms with Crippen LogP contribution in [0.25, 0.3) is 0 Å². The highest BCUT2D eigenvalue weighted by Crippen LogP contribution is 2.43.